The highest BCUT2D eigenvalue weighted by Gasteiger charge is 2.78. The van der Waals surface area contributed by atoms with Gasteiger partial charge in [-0.25, -0.2) is 4.79 Å². The molecule has 38 heavy (non-hydrogen) atoms. The maximum absolute atomic E-state index is 12.8. The van der Waals surface area contributed by atoms with Crippen LogP contribution in [0.15, 0.2) is 30.3 Å². The molecule has 210 valence electrons. The Bertz CT molecular complexity index is 1020. The molecule has 0 aromatic heterocycles. The zero-order valence-corrected chi connectivity index (χ0v) is 24.9. The van der Waals surface area contributed by atoms with Crippen molar-refractivity contribution in [2.75, 3.05) is 0 Å². The predicted octanol–water partition coefficient (Wildman–Crippen LogP) is 8.71. The van der Waals surface area contributed by atoms with E-state index in [1.165, 1.54) is 44.9 Å². The molecule has 0 radical (unpaired) electrons. The second-order valence-electron chi connectivity index (χ2n) is 15.2. The van der Waals surface area contributed by atoms with Crippen LogP contribution in [0.25, 0.3) is 0 Å². The fraction of sp³-hybridized carbons (Fsp3) is 0.800. The van der Waals surface area contributed by atoms with Gasteiger partial charge in [0.2, 0.25) is 0 Å². The minimum atomic E-state index is -0.178. The lowest BCUT2D eigenvalue weighted by Crippen LogP contribution is -2.61. The molecule has 5 aliphatic rings. The van der Waals surface area contributed by atoms with E-state index in [0.717, 1.165) is 54.8 Å². The van der Waals surface area contributed by atoms with Crippen LogP contribution in [0.4, 0.5) is 0 Å². The highest BCUT2D eigenvalue weighted by molar-refractivity contribution is 5.89. The van der Waals surface area contributed by atoms with Gasteiger partial charge in [-0.05, 0) is 97.5 Å². The molecule has 0 N–H and O–H groups in total. The maximum Gasteiger partial charge on any atom is 0.338 e. The largest absolute Gasteiger partial charge is 0.459 e. The van der Waals surface area contributed by atoms with Crippen molar-refractivity contribution in [1.82, 2.24) is 0 Å². The van der Waals surface area contributed by atoms with Crippen molar-refractivity contribution < 1.29 is 14.3 Å². The van der Waals surface area contributed by atoms with Crippen LogP contribution in [0.3, 0.4) is 0 Å². The molecule has 3 nitrogen and oxygen atoms in total. The first-order valence-electron chi connectivity index (χ1n) is 16.0. The molecule has 0 bridgehead atoms. The lowest BCUT2D eigenvalue weighted by Gasteiger charge is -2.61. The summed E-state index contributed by atoms with van der Waals surface area (Å²) in [5, 5.41) is 0. The minimum absolute atomic E-state index is 0.0269. The molecule has 1 aromatic rings. The summed E-state index contributed by atoms with van der Waals surface area (Å²) >= 11 is 0. The van der Waals surface area contributed by atoms with Crippen molar-refractivity contribution in [3.8, 4) is 0 Å². The van der Waals surface area contributed by atoms with E-state index < -0.39 is 0 Å². The topological polar surface area (TPSA) is 38.8 Å². The standard InChI is InChI=1S/C35H52O3/c1-22(2)11-10-12-23(3)27-15-16-28-30-24(4)31-35(38-31)21-26(37-32(36)25-13-8-7-9-14-25)17-20-34(35,6)29(30)18-19-33(27,28)5/h7-9,13-14,22-24,26-31H,10-12,15-21H2,1-6H3/t23-,24-,26-,27+,28-,29-,30-,31-,33+,34+,35-/m0/s1. The van der Waals surface area contributed by atoms with E-state index in [0.29, 0.717) is 23.0 Å². The number of carbonyl (C=O) groups excluding carboxylic acids is 1. The predicted molar refractivity (Wildman–Crippen MR) is 153 cm³/mol. The summed E-state index contributed by atoms with van der Waals surface area (Å²) in [7, 11) is 0. The third-order valence-electron chi connectivity index (χ3n) is 12.9. The van der Waals surface area contributed by atoms with Crippen molar-refractivity contribution in [3.63, 3.8) is 0 Å². The number of rotatable bonds is 7. The number of esters is 1. The van der Waals surface area contributed by atoms with E-state index in [4.69, 9.17) is 9.47 Å². The first kappa shape index (κ1) is 26.9. The van der Waals surface area contributed by atoms with Gasteiger partial charge in [0.1, 0.15) is 11.7 Å². The van der Waals surface area contributed by atoms with E-state index in [2.05, 4.69) is 41.5 Å². The van der Waals surface area contributed by atoms with Crippen LogP contribution in [-0.2, 0) is 9.47 Å². The van der Waals surface area contributed by atoms with Crippen LogP contribution in [0.1, 0.15) is 116 Å². The van der Waals surface area contributed by atoms with Crippen LogP contribution in [-0.4, -0.2) is 23.8 Å². The first-order valence-corrected chi connectivity index (χ1v) is 16.0. The van der Waals surface area contributed by atoms with Gasteiger partial charge in [-0.1, -0.05) is 79.0 Å². The van der Waals surface area contributed by atoms with Crippen LogP contribution >= 0.6 is 0 Å². The van der Waals surface area contributed by atoms with Gasteiger partial charge in [-0.15, -0.1) is 0 Å². The summed E-state index contributed by atoms with van der Waals surface area (Å²) in [6.07, 6.45) is 13.1. The van der Waals surface area contributed by atoms with Crippen molar-refractivity contribution >= 4 is 5.97 Å². The van der Waals surface area contributed by atoms with Gasteiger partial charge in [-0.3, -0.25) is 0 Å². The molecule has 0 amide bonds. The number of fused-ring (bicyclic) bond motifs is 4. The molecular weight excluding hydrogens is 468 g/mol. The van der Waals surface area contributed by atoms with Gasteiger partial charge in [0.15, 0.2) is 0 Å². The molecule has 3 heteroatoms. The lowest BCUT2D eigenvalue weighted by atomic mass is 9.42. The summed E-state index contributed by atoms with van der Waals surface area (Å²) in [5.74, 6) is 5.37. The monoisotopic (exact) mass is 520 g/mol. The summed E-state index contributed by atoms with van der Waals surface area (Å²) in [5.41, 5.74) is 1.29. The van der Waals surface area contributed by atoms with E-state index in [1.54, 1.807) is 0 Å². The summed E-state index contributed by atoms with van der Waals surface area (Å²) in [6, 6.07) is 9.48. The van der Waals surface area contributed by atoms with Crippen LogP contribution in [0.2, 0.25) is 0 Å². The zero-order chi connectivity index (χ0) is 26.9. The molecule has 1 aromatic carbocycles. The van der Waals surface area contributed by atoms with Crippen LogP contribution in [0.5, 0.6) is 0 Å². The third-order valence-corrected chi connectivity index (χ3v) is 12.9. The van der Waals surface area contributed by atoms with Crippen molar-refractivity contribution in [2.45, 2.75) is 124 Å². The average molecular weight is 521 g/mol. The summed E-state index contributed by atoms with van der Waals surface area (Å²) in [6.45, 7) is 15.1. The molecule has 4 saturated carbocycles. The Balaban J connectivity index is 1.17. The van der Waals surface area contributed by atoms with E-state index in [9.17, 15) is 4.79 Å². The Morgan fingerprint density at radius 1 is 1.00 bits per heavy atom. The Kier molecular flexibility index (Phi) is 6.81. The fourth-order valence-corrected chi connectivity index (χ4v) is 11.0. The Labute approximate surface area is 231 Å². The quantitative estimate of drug-likeness (QED) is 0.266. The van der Waals surface area contributed by atoms with Crippen molar-refractivity contribution in [3.05, 3.63) is 35.9 Å². The molecule has 6 rings (SSSR count). The molecule has 11 atom stereocenters. The van der Waals surface area contributed by atoms with Gasteiger partial charge in [-0.2, -0.15) is 0 Å². The van der Waals surface area contributed by atoms with E-state index in [1.807, 2.05) is 30.3 Å². The molecule has 1 saturated heterocycles. The molecule has 1 heterocycles. The number of hydrogen-bond donors (Lipinski definition) is 0. The Morgan fingerprint density at radius 2 is 1.76 bits per heavy atom. The third kappa shape index (κ3) is 4.03. The second kappa shape index (κ2) is 9.64. The second-order valence-corrected chi connectivity index (χ2v) is 15.2. The molecule has 0 unspecified atom stereocenters. The molecule has 1 aliphatic heterocycles. The zero-order valence-electron chi connectivity index (χ0n) is 24.9. The van der Waals surface area contributed by atoms with Crippen molar-refractivity contribution in [2.24, 2.45) is 52.3 Å². The summed E-state index contributed by atoms with van der Waals surface area (Å²) in [4.78, 5) is 12.8. The maximum atomic E-state index is 12.8. The van der Waals surface area contributed by atoms with Gasteiger partial charge in [0.25, 0.3) is 0 Å². The molecule has 5 fully saturated rings. The van der Waals surface area contributed by atoms with E-state index >= 15 is 0 Å². The summed E-state index contributed by atoms with van der Waals surface area (Å²) < 4.78 is 12.9. The van der Waals surface area contributed by atoms with Gasteiger partial charge in [0, 0.05) is 11.8 Å². The van der Waals surface area contributed by atoms with Crippen LogP contribution in [0, 0.1) is 52.3 Å². The highest BCUT2D eigenvalue weighted by atomic mass is 16.6. The SMILES string of the molecule is CC(C)CCC[C@H](C)[C@H]1CC[C@H]2[C@@H]3[C@H](C)[C@@H]4O[C@@]45C[C@@H](OC(=O)c4ccccc4)CC[C@]5(C)[C@H]3CC[C@]12C. The Morgan fingerprint density at radius 3 is 2.50 bits per heavy atom. The van der Waals surface area contributed by atoms with Crippen molar-refractivity contribution in [1.29, 1.82) is 0 Å². The van der Waals surface area contributed by atoms with E-state index in [-0.39, 0.29) is 23.1 Å². The number of carbonyl (C=O) groups is 1. The molecule has 4 aliphatic carbocycles. The highest BCUT2D eigenvalue weighted by Crippen LogP contribution is 2.75. The average Bonchev–Trinajstić information content (AvgIpc) is 3.51. The van der Waals surface area contributed by atoms with Gasteiger partial charge in [0.05, 0.1) is 11.7 Å². The van der Waals surface area contributed by atoms with Gasteiger partial charge < -0.3 is 9.47 Å². The van der Waals surface area contributed by atoms with Crippen LogP contribution < -0.4 is 0 Å². The molecular formula is C35H52O3. The van der Waals surface area contributed by atoms with Gasteiger partial charge >= 0.3 is 5.97 Å². The number of benzene rings is 1. The lowest BCUT2D eigenvalue weighted by molar-refractivity contribution is -0.132. The number of epoxide rings is 1. The first-order chi connectivity index (χ1) is 18.1. The number of ether oxygens (including phenoxy) is 2. The smallest absolute Gasteiger partial charge is 0.338 e. The molecule has 1 spiro atoms. The minimum Gasteiger partial charge on any atom is -0.459 e. The normalized spacial score (nSPS) is 45.9. The number of hydrogen-bond acceptors (Lipinski definition) is 3. The Hall–Kier alpha value is -1.35. The fourth-order valence-electron chi connectivity index (χ4n) is 11.0.